The quantitative estimate of drug-likeness (QED) is 0.415. The smallest absolute Gasteiger partial charge is 0.293 e. The number of azo groups is 1. The molecule has 0 saturated heterocycles. The zero-order chi connectivity index (χ0) is 17.8. The number of aromatic nitrogens is 2. The summed E-state index contributed by atoms with van der Waals surface area (Å²) in [6.45, 7) is 3.75. The van der Waals surface area contributed by atoms with Gasteiger partial charge in [0.2, 0.25) is 0 Å². The van der Waals surface area contributed by atoms with E-state index < -0.39 is 0 Å². The SMILES string of the molecule is Cc1ccc(-n2[nH]c(C)c(N=Nc3ccccc3COO)c2=O)cc1. The van der Waals surface area contributed by atoms with Crippen LogP contribution in [0.5, 0.6) is 0 Å². The van der Waals surface area contributed by atoms with Gasteiger partial charge in [0.15, 0.2) is 5.69 Å². The molecule has 0 saturated carbocycles. The third-order valence-corrected chi connectivity index (χ3v) is 3.80. The average molecular weight is 338 g/mol. The fraction of sp³-hybridized carbons (Fsp3) is 0.167. The summed E-state index contributed by atoms with van der Waals surface area (Å²) in [5.74, 6) is 0. The minimum Gasteiger partial charge on any atom is -0.293 e. The first kappa shape index (κ1) is 16.8. The molecule has 0 atom stereocenters. The number of aryl methyl sites for hydroxylation is 2. The lowest BCUT2D eigenvalue weighted by Crippen LogP contribution is -2.13. The molecule has 0 bridgehead atoms. The van der Waals surface area contributed by atoms with Gasteiger partial charge in [-0.1, -0.05) is 35.9 Å². The summed E-state index contributed by atoms with van der Waals surface area (Å²) in [5.41, 5.74) is 3.61. The molecule has 2 aromatic carbocycles. The zero-order valence-electron chi connectivity index (χ0n) is 13.9. The summed E-state index contributed by atoms with van der Waals surface area (Å²) in [4.78, 5) is 16.8. The number of nitrogens with one attached hydrogen (secondary N) is 1. The molecule has 0 radical (unpaired) electrons. The largest absolute Gasteiger partial charge is 0.299 e. The van der Waals surface area contributed by atoms with Gasteiger partial charge in [-0.25, -0.2) is 9.57 Å². The molecule has 0 amide bonds. The molecule has 1 aromatic heterocycles. The van der Waals surface area contributed by atoms with Gasteiger partial charge < -0.3 is 0 Å². The third-order valence-electron chi connectivity index (χ3n) is 3.80. The Morgan fingerprint density at radius 1 is 1.08 bits per heavy atom. The standard InChI is InChI=1S/C18H18N4O3/c1-12-7-9-15(10-8-12)22-18(23)17(13(2)21-22)20-19-16-6-4-3-5-14(16)11-25-24/h3-10,21,24H,11H2,1-2H3. The monoisotopic (exact) mass is 338 g/mol. The van der Waals surface area contributed by atoms with Crippen LogP contribution in [0.25, 0.3) is 5.69 Å². The molecule has 7 nitrogen and oxygen atoms in total. The van der Waals surface area contributed by atoms with Gasteiger partial charge in [-0.2, -0.15) is 0 Å². The van der Waals surface area contributed by atoms with E-state index >= 15 is 0 Å². The number of hydrogen-bond acceptors (Lipinski definition) is 5. The first-order valence-electron chi connectivity index (χ1n) is 7.75. The van der Waals surface area contributed by atoms with E-state index in [9.17, 15) is 4.79 Å². The summed E-state index contributed by atoms with van der Waals surface area (Å²) < 4.78 is 1.44. The molecule has 0 aliphatic carbocycles. The lowest BCUT2D eigenvalue weighted by molar-refractivity contribution is -0.252. The molecule has 0 aliphatic heterocycles. The van der Waals surface area contributed by atoms with Crippen LogP contribution in [0.3, 0.4) is 0 Å². The number of nitrogens with zero attached hydrogens (tertiary/aromatic N) is 3. The fourth-order valence-electron chi connectivity index (χ4n) is 2.43. The molecule has 128 valence electrons. The van der Waals surface area contributed by atoms with Crippen molar-refractivity contribution in [3.8, 4) is 5.69 Å². The molecule has 0 fully saturated rings. The maximum absolute atomic E-state index is 12.6. The molecule has 2 N–H and O–H groups in total. The van der Waals surface area contributed by atoms with Crippen LogP contribution >= 0.6 is 0 Å². The number of aromatic amines is 1. The fourth-order valence-corrected chi connectivity index (χ4v) is 2.43. The van der Waals surface area contributed by atoms with E-state index in [4.69, 9.17) is 5.26 Å². The second kappa shape index (κ2) is 7.25. The summed E-state index contributed by atoms with van der Waals surface area (Å²) >= 11 is 0. The Labute approximate surface area is 144 Å². The number of hydrogen-bond donors (Lipinski definition) is 2. The van der Waals surface area contributed by atoms with Crippen molar-refractivity contribution in [2.75, 3.05) is 0 Å². The molecule has 1 heterocycles. The molecular formula is C18H18N4O3. The molecule has 3 aromatic rings. The summed E-state index contributed by atoms with van der Waals surface area (Å²) in [5, 5.41) is 19.9. The lowest BCUT2D eigenvalue weighted by Gasteiger charge is -2.01. The Balaban J connectivity index is 1.97. The van der Waals surface area contributed by atoms with Crippen molar-refractivity contribution in [1.82, 2.24) is 9.78 Å². The van der Waals surface area contributed by atoms with E-state index in [0.717, 1.165) is 11.3 Å². The van der Waals surface area contributed by atoms with E-state index in [1.54, 1.807) is 31.2 Å². The summed E-state index contributed by atoms with van der Waals surface area (Å²) in [6.07, 6.45) is 0. The van der Waals surface area contributed by atoms with Crippen LogP contribution in [0.4, 0.5) is 11.4 Å². The van der Waals surface area contributed by atoms with Crippen LogP contribution < -0.4 is 5.56 Å². The summed E-state index contributed by atoms with van der Waals surface area (Å²) in [7, 11) is 0. The topological polar surface area (TPSA) is 92.0 Å². The Morgan fingerprint density at radius 2 is 1.80 bits per heavy atom. The van der Waals surface area contributed by atoms with Crippen LogP contribution in [0, 0.1) is 13.8 Å². The highest BCUT2D eigenvalue weighted by atomic mass is 17.1. The molecule has 25 heavy (non-hydrogen) atoms. The highest BCUT2D eigenvalue weighted by Crippen LogP contribution is 2.23. The Morgan fingerprint density at radius 3 is 2.52 bits per heavy atom. The van der Waals surface area contributed by atoms with Gasteiger partial charge in [0.05, 0.1) is 17.1 Å². The van der Waals surface area contributed by atoms with Gasteiger partial charge in [0, 0.05) is 5.56 Å². The van der Waals surface area contributed by atoms with Crippen molar-refractivity contribution >= 4 is 11.4 Å². The van der Waals surface area contributed by atoms with Crippen molar-refractivity contribution in [1.29, 1.82) is 0 Å². The molecule has 0 aliphatic rings. The third kappa shape index (κ3) is 3.57. The maximum Gasteiger partial charge on any atom is 0.299 e. The van der Waals surface area contributed by atoms with Crippen LogP contribution in [0.2, 0.25) is 0 Å². The Hall–Kier alpha value is -3.03. The average Bonchev–Trinajstić information content (AvgIpc) is 2.89. The molecule has 3 rings (SSSR count). The van der Waals surface area contributed by atoms with Gasteiger partial charge in [0.25, 0.3) is 5.56 Å². The zero-order valence-corrected chi connectivity index (χ0v) is 13.9. The van der Waals surface area contributed by atoms with Crippen LogP contribution in [0.1, 0.15) is 16.8 Å². The van der Waals surface area contributed by atoms with Crippen molar-refractivity contribution in [2.24, 2.45) is 10.2 Å². The molecule has 0 spiro atoms. The predicted molar refractivity (Wildman–Crippen MR) is 93.9 cm³/mol. The maximum atomic E-state index is 12.6. The van der Waals surface area contributed by atoms with E-state index in [0.29, 0.717) is 16.9 Å². The van der Waals surface area contributed by atoms with Crippen LogP contribution in [-0.2, 0) is 11.5 Å². The van der Waals surface area contributed by atoms with Crippen molar-refractivity contribution in [3.05, 3.63) is 75.7 Å². The first-order chi connectivity index (χ1) is 12.1. The van der Waals surface area contributed by atoms with Crippen molar-refractivity contribution < 1.29 is 10.1 Å². The predicted octanol–water partition coefficient (Wildman–Crippen LogP) is 4.19. The highest BCUT2D eigenvalue weighted by molar-refractivity contribution is 5.47. The van der Waals surface area contributed by atoms with Gasteiger partial charge in [0.1, 0.15) is 6.61 Å². The van der Waals surface area contributed by atoms with Crippen LogP contribution in [-0.4, -0.2) is 15.0 Å². The van der Waals surface area contributed by atoms with Crippen molar-refractivity contribution in [3.63, 3.8) is 0 Å². The normalized spacial score (nSPS) is 11.3. The van der Waals surface area contributed by atoms with Gasteiger partial charge in [-0.3, -0.25) is 15.2 Å². The Kier molecular flexibility index (Phi) is 4.87. The molecular weight excluding hydrogens is 320 g/mol. The van der Waals surface area contributed by atoms with Gasteiger partial charge >= 0.3 is 0 Å². The highest BCUT2D eigenvalue weighted by Gasteiger charge is 2.12. The van der Waals surface area contributed by atoms with Crippen LogP contribution in [0.15, 0.2) is 63.6 Å². The number of rotatable bonds is 5. The minimum atomic E-state index is -0.277. The van der Waals surface area contributed by atoms with E-state index in [-0.39, 0.29) is 17.9 Å². The van der Waals surface area contributed by atoms with Crippen molar-refractivity contribution in [2.45, 2.75) is 20.5 Å². The van der Waals surface area contributed by atoms with E-state index in [2.05, 4.69) is 20.2 Å². The van der Waals surface area contributed by atoms with Gasteiger partial charge in [-0.15, -0.1) is 10.2 Å². The molecule has 0 unspecified atom stereocenters. The Bertz CT molecular complexity index is 955. The molecule has 7 heteroatoms. The second-order valence-corrected chi connectivity index (χ2v) is 5.66. The van der Waals surface area contributed by atoms with E-state index in [1.165, 1.54) is 4.68 Å². The number of H-pyrrole nitrogens is 1. The minimum absolute atomic E-state index is 0.00505. The summed E-state index contributed by atoms with van der Waals surface area (Å²) in [6, 6.07) is 14.7. The first-order valence-corrected chi connectivity index (χ1v) is 7.75. The van der Waals surface area contributed by atoms with E-state index in [1.807, 2.05) is 31.2 Å². The number of benzene rings is 2. The second-order valence-electron chi connectivity index (χ2n) is 5.66. The van der Waals surface area contributed by atoms with Gasteiger partial charge in [-0.05, 0) is 32.0 Å². The lowest BCUT2D eigenvalue weighted by atomic mass is 10.2.